The molecule has 0 aromatic carbocycles. The molecule has 0 atom stereocenters. The number of hydrogen-bond acceptors (Lipinski definition) is 3. The van der Waals surface area contributed by atoms with Crippen LogP contribution >= 0.6 is 0 Å². The summed E-state index contributed by atoms with van der Waals surface area (Å²) in [5.41, 5.74) is 3.90. The van der Waals surface area contributed by atoms with Crippen molar-refractivity contribution in [2.45, 2.75) is 25.7 Å². The molecule has 0 fully saturated rings. The first-order valence-corrected chi connectivity index (χ1v) is 6.85. The Morgan fingerprint density at radius 2 is 1.85 bits per heavy atom. The van der Waals surface area contributed by atoms with Crippen molar-refractivity contribution in [2.24, 2.45) is 0 Å². The summed E-state index contributed by atoms with van der Waals surface area (Å²) in [7, 11) is 1.71. The van der Waals surface area contributed by atoms with E-state index in [2.05, 4.69) is 24.8 Å². The lowest BCUT2D eigenvalue weighted by atomic mass is 9.89. The summed E-state index contributed by atoms with van der Waals surface area (Å²) in [6.07, 6.45) is 13.5. The smallest absolute Gasteiger partial charge is 0.330 e. The van der Waals surface area contributed by atoms with Crippen LogP contribution in [-0.4, -0.2) is 19.7 Å². The Hall–Kier alpha value is -2.03. The van der Waals surface area contributed by atoms with Crippen LogP contribution in [0.2, 0.25) is 0 Å². The van der Waals surface area contributed by atoms with Gasteiger partial charge in [-0.1, -0.05) is 24.8 Å². The number of carbonyl (C=O) groups excluding carboxylic acids is 1. The normalized spacial score (nSPS) is 18.2. The second-order valence-electron chi connectivity index (χ2n) is 4.86. The van der Waals surface area contributed by atoms with Gasteiger partial charge in [0.1, 0.15) is 6.61 Å². The van der Waals surface area contributed by atoms with E-state index in [-0.39, 0.29) is 5.97 Å². The molecule has 20 heavy (non-hydrogen) atoms. The molecular weight excluding hydrogens is 252 g/mol. The summed E-state index contributed by atoms with van der Waals surface area (Å²) in [6, 6.07) is 0. The van der Waals surface area contributed by atoms with E-state index in [1.54, 1.807) is 7.11 Å². The maximum atomic E-state index is 11.0. The number of carbonyl (C=O) groups is 1. The van der Waals surface area contributed by atoms with Crippen molar-refractivity contribution in [1.82, 2.24) is 0 Å². The monoisotopic (exact) mass is 272 g/mol. The maximum Gasteiger partial charge on any atom is 0.330 e. The van der Waals surface area contributed by atoms with Crippen molar-refractivity contribution >= 4 is 5.97 Å². The average Bonchev–Trinajstić information content (AvgIpc) is 2.53. The zero-order valence-corrected chi connectivity index (χ0v) is 11.9. The van der Waals surface area contributed by atoms with Crippen molar-refractivity contribution < 1.29 is 14.3 Å². The lowest BCUT2D eigenvalue weighted by Crippen LogP contribution is -2.07. The SMILES string of the molecule is C=CC(=O)OCC1=CC=C(C2=CC=C(OC)CC2)CC1. The van der Waals surface area contributed by atoms with Crippen LogP contribution in [0, 0.1) is 0 Å². The van der Waals surface area contributed by atoms with E-state index >= 15 is 0 Å². The highest BCUT2D eigenvalue weighted by Crippen LogP contribution is 2.30. The van der Waals surface area contributed by atoms with Crippen molar-refractivity contribution in [3.63, 3.8) is 0 Å². The third kappa shape index (κ3) is 3.73. The molecule has 0 amide bonds. The predicted octanol–water partition coefficient (Wildman–Crippen LogP) is 3.61. The first-order chi connectivity index (χ1) is 9.72. The van der Waals surface area contributed by atoms with Crippen LogP contribution < -0.4 is 0 Å². The zero-order chi connectivity index (χ0) is 14.4. The third-order valence-corrected chi connectivity index (χ3v) is 3.59. The molecular formula is C17H20O3. The Balaban J connectivity index is 1.96. The van der Waals surface area contributed by atoms with Crippen LogP contribution in [-0.2, 0) is 14.3 Å². The van der Waals surface area contributed by atoms with Gasteiger partial charge in [0.2, 0.25) is 0 Å². The van der Waals surface area contributed by atoms with Crippen LogP contribution in [0.5, 0.6) is 0 Å². The second kappa shape index (κ2) is 6.94. The average molecular weight is 272 g/mol. The minimum atomic E-state index is -0.368. The van der Waals surface area contributed by atoms with Gasteiger partial charge in [-0.25, -0.2) is 4.79 Å². The van der Waals surface area contributed by atoms with Gasteiger partial charge in [-0.3, -0.25) is 0 Å². The number of esters is 1. The molecule has 0 unspecified atom stereocenters. The Morgan fingerprint density at radius 3 is 2.35 bits per heavy atom. The summed E-state index contributed by atoms with van der Waals surface area (Å²) < 4.78 is 10.3. The van der Waals surface area contributed by atoms with Gasteiger partial charge >= 0.3 is 5.97 Å². The topological polar surface area (TPSA) is 35.5 Å². The molecule has 2 rings (SSSR count). The number of rotatable bonds is 5. The van der Waals surface area contributed by atoms with Crippen molar-refractivity contribution in [2.75, 3.05) is 13.7 Å². The van der Waals surface area contributed by atoms with E-state index in [1.807, 2.05) is 6.08 Å². The Bertz CT molecular complexity index is 518. The zero-order valence-electron chi connectivity index (χ0n) is 11.9. The van der Waals surface area contributed by atoms with Gasteiger partial charge in [-0.2, -0.15) is 0 Å². The maximum absolute atomic E-state index is 11.0. The van der Waals surface area contributed by atoms with Gasteiger partial charge in [0.05, 0.1) is 12.9 Å². The quantitative estimate of drug-likeness (QED) is 0.566. The minimum Gasteiger partial charge on any atom is -0.501 e. The summed E-state index contributed by atoms with van der Waals surface area (Å²) in [5.74, 6) is 0.672. The van der Waals surface area contributed by atoms with E-state index < -0.39 is 0 Å². The van der Waals surface area contributed by atoms with Crippen molar-refractivity contribution in [3.05, 3.63) is 59.4 Å². The molecule has 106 valence electrons. The fraction of sp³-hybridized carbons (Fsp3) is 0.353. The first kappa shape index (κ1) is 14.4. The molecule has 2 aliphatic rings. The number of allylic oxidation sites excluding steroid dienone is 7. The summed E-state index contributed by atoms with van der Waals surface area (Å²) >= 11 is 0. The van der Waals surface area contributed by atoms with Gasteiger partial charge in [-0.05, 0) is 42.1 Å². The van der Waals surface area contributed by atoms with Gasteiger partial charge in [0.15, 0.2) is 0 Å². The Labute approximate surface area is 120 Å². The molecule has 0 aromatic rings. The lowest BCUT2D eigenvalue weighted by Gasteiger charge is -2.19. The molecule has 3 nitrogen and oxygen atoms in total. The summed E-state index contributed by atoms with van der Waals surface area (Å²) in [6.45, 7) is 3.74. The second-order valence-corrected chi connectivity index (χ2v) is 4.86. The van der Waals surface area contributed by atoms with E-state index in [4.69, 9.17) is 9.47 Å². The molecule has 0 saturated heterocycles. The molecule has 0 aliphatic heterocycles. The highest BCUT2D eigenvalue weighted by molar-refractivity contribution is 5.81. The van der Waals surface area contributed by atoms with Crippen LogP contribution in [0.3, 0.4) is 0 Å². The first-order valence-electron chi connectivity index (χ1n) is 6.85. The van der Waals surface area contributed by atoms with Crippen LogP contribution in [0.4, 0.5) is 0 Å². The summed E-state index contributed by atoms with van der Waals surface area (Å²) in [4.78, 5) is 11.0. The molecule has 2 aliphatic carbocycles. The highest BCUT2D eigenvalue weighted by Gasteiger charge is 2.14. The molecule has 0 aromatic heterocycles. The fourth-order valence-electron chi connectivity index (χ4n) is 2.35. The fourth-order valence-corrected chi connectivity index (χ4v) is 2.35. The molecule has 0 saturated carbocycles. The molecule has 3 heteroatoms. The van der Waals surface area contributed by atoms with E-state index in [9.17, 15) is 4.79 Å². The summed E-state index contributed by atoms with van der Waals surface area (Å²) in [5, 5.41) is 0. The predicted molar refractivity (Wildman–Crippen MR) is 79.0 cm³/mol. The van der Waals surface area contributed by atoms with Gasteiger partial charge < -0.3 is 9.47 Å². The number of methoxy groups -OCH3 is 1. The Kier molecular flexibility index (Phi) is 4.99. The van der Waals surface area contributed by atoms with Crippen molar-refractivity contribution in [1.29, 1.82) is 0 Å². The van der Waals surface area contributed by atoms with Gasteiger partial charge in [0, 0.05) is 12.5 Å². The number of ether oxygens (including phenoxy) is 2. The largest absolute Gasteiger partial charge is 0.501 e. The van der Waals surface area contributed by atoms with E-state index in [1.165, 1.54) is 17.2 Å². The highest BCUT2D eigenvalue weighted by atomic mass is 16.5. The minimum absolute atomic E-state index is 0.363. The van der Waals surface area contributed by atoms with E-state index in [0.717, 1.165) is 37.0 Å². The molecule has 0 spiro atoms. The molecule has 0 radical (unpaired) electrons. The van der Waals surface area contributed by atoms with E-state index in [0.29, 0.717) is 6.61 Å². The van der Waals surface area contributed by atoms with Crippen LogP contribution in [0.15, 0.2) is 59.4 Å². The van der Waals surface area contributed by atoms with Gasteiger partial charge in [0.25, 0.3) is 0 Å². The third-order valence-electron chi connectivity index (χ3n) is 3.59. The van der Waals surface area contributed by atoms with Gasteiger partial charge in [-0.15, -0.1) is 0 Å². The molecule has 0 bridgehead atoms. The standard InChI is InChI=1S/C17H20O3/c1-3-17(18)20-12-13-4-6-14(7-5-13)15-8-10-16(19-2)11-9-15/h3-4,6,8,10H,1,5,7,9,11-12H2,2H3. The van der Waals surface area contributed by atoms with Crippen LogP contribution in [0.25, 0.3) is 0 Å². The Morgan fingerprint density at radius 1 is 1.15 bits per heavy atom. The van der Waals surface area contributed by atoms with Crippen LogP contribution in [0.1, 0.15) is 25.7 Å². The molecule has 0 heterocycles. The molecule has 0 N–H and O–H groups in total. The lowest BCUT2D eigenvalue weighted by molar-refractivity contribution is -0.136. The van der Waals surface area contributed by atoms with Crippen molar-refractivity contribution in [3.8, 4) is 0 Å². The number of hydrogen-bond donors (Lipinski definition) is 0.